The van der Waals surface area contributed by atoms with E-state index in [0.717, 1.165) is 6.42 Å². The predicted molar refractivity (Wildman–Crippen MR) is 65.2 cm³/mol. The molecule has 0 rings (SSSR count). The van der Waals surface area contributed by atoms with E-state index >= 15 is 0 Å². The number of halogens is 1. The maximum absolute atomic E-state index is 6.96. The van der Waals surface area contributed by atoms with Gasteiger partial charge in [0.05, 0.1) is 5.70 Å². The van der Waals surface area contributed by atoms with Crippen LogP contribution in [-0.4, -0.2) is 25.1 Å². The highest BCUT2D eigenvalue weighted by Crippen LogP contribution is 1.85. The highest BCUT2D eigenvalue weighted by Gasteiger charge is 1.88. The van der Waals surface area contributed by atoms with Crippen LogP contribution < -0.4 is 16.4 Å². The van der Waals surface area contributed by atoms with Gasteiger partial charge in [-0.2, -0.15) is 0 Å². The van der Waals surface area contributed by atoms with Crippen molar-refractivity contribution < 1.29 is 0 Å². The van der Waals surface area contributed by atoms with E-state index in [1.807, 2.05) is 6.08 Å². The number of hydrogen-bond donors (Lipinski definition) is 4. The van der Waals surface area contributed by atoms with Gasteiger partial charge in [-0.25, -0.2) is 0 Å². The maximum atomic E-state index is 6.96. The zero-order valence-corrected chi connectivity index (χ0v) is 9.38. The lowest BCUT2D eigenvalue weighted by Crippen LogP contribution is -2.16. The van der Waals surface area contributed by atoms with Crippen molar-refractivity contribution in [3.05, 3.63) is 24.2 Å². The van der Waals surface area contributed by atoms with E-state index in [1.54, 1.807) is 13.2 Å². The van der Waals surface area contributed by atoms with Gasteiger partial charge in [-0.3, -0.25) is 4.99 Å². The molecule has 0 aliphatic carbocycles. The van der Waals surface area contributed by atoms with Crippen molar-refractivity contribution in [1.29, 1.82) is 5.41 Å². The highest BCUT2D eigenvalue weighted by molar-refractivity contribution is 6.64. The Bertz CT molecular complexity index is 270. The first-order valence-corrected chi connectivity index (χ1v) is 4.82. The number of allylic oxidation sites excluding steroid dienone is 1. The number of rotatable bonds is 6. The van der Waals surface area contributed by atoms with Gasteiger partial charge in [0.25, 0.3) is 0 Å². The number of aliphatic imine (C=N–C) groups is 1. The number of amidine groups is 1. The zero-order chi connectivity index (χ0) is 11.5. The van der Waals surface area contributed by atoms with Crippen LogP contribution >= 0.6 is 11.6 Å². The lowest BCUT2D eigenvalue weighted by Gasteiger charge is -2.02. The molecule has 5 nitrogen and oxygen atoms in total. The molecule has 0 amide bonds. The average Bonchev–Trinajstić information content (AvgIpc) is 2.28. The fraction of sp³-hybridized carbons (Fsp3) is 0.333. The Morgan fingerprint density at radius 1 is 1.60 bits per heavy atom. The molecule has 5 N–H and O–H groups in total. The summed E-state index contributed by atoms with van der Waals surface area (Å²) in [5, 5.41) is 13.1. The SMILES string of the molecule is CN=C(Cl)N/C=C\CCN/C(C=N)=C/N. The summed E-state index contributed by atoms with van der Waals surface area (Å²) in [6.45, 7) is 0.706. The van der Waals surface area contributed by atoms with Gasteiger partial charge in [0.15, 0.2) is 5.29 Å². The van der Waals surface area contributed by atoms with Crippen LogP contribution in [-0.2, 0) is 0 Å². The van der Waals surface area contributed by atoms with Gasteiger partial charge in [-0.1, -0.05) is 6.08 Å². The molecule has 0 aliphatic heterocycles. The lowest BCUT2D eigenvalue weighted by atomic mass is 10.4. The summed E-state index contributed by atoms with van der Waals surface area (Å²) in [5.74, 6) is 0. The third-order valence-corrected chi connectivity index (χ3v) is 1.77. The summed E-state index contributed by atoms with van der Waals surface area (Å²) in [4.78, 5) is 3.71. The highest BCUT2D eigenvalue weighted by atomic mass is 35.5. The van der Waals surface area contributed by atoms with Crippen molar-refractivity contribution in [2.45, 2.75) is 6.42 Å². The van der Waals surface area contributed by atoms with E-state index in [2.05, 4.69) is 15.6 Å². The molecule has 0 atom stereocenters. The second-order valence-electron chi connectivity index (χ2n) is 2.54. The van der Waals surface area contributed by atoms with Gasteiger partial charge in [0.1, 0.15) is 0 Å². The molecule has 0 heterocycles. The molecule has 84 valence electrons. The third kappa shape index (κ3) is 7.57. The van der Waals surface area contributed by atoms with Crippen LogP contribution in [0.2, 0.25) is 0 Å². The first-order chi connectivity index (χ1) is 7.24. The third-order valence-electron chi connectivity index (χ3n) is 1.49. The Balaban J connectivity index is 3.58. The molecule has 0 aliphatic rings. The minimum Gasteiger partial charge on any atom is -0.403 e. The Kier molecular flexibility index (Phi) is 8.18. The molecule has 0 aromatic rings. The van der Waals surface area contributed by atoms with Gasteiger partial charge in [-0.15, -0.1) is 0 Å². The van der Waals surface area contributed by atoms with Gasteiger partial charge in [0.2, 0.25) is 0 Å². The molecule has 0 unspecified atom stereocenters. The molecule has 0 saturated heterocycles. The van der Waals surface area contributed by atoms with E-state index in [9.17, 15) is 0 Å². The van der Waals surface area contributed by atoms with Crippen molar-refractivity contribution in [3.8, 4) is 0 Å². The number of hydrogen-bond acceptors (Lipinski definition) is 4. The second kappa shape index (κ2) is 9.08. The maximum Gasteiger partial charge on any atom is 0.194 e. The zero-order valence-electron chi connectivity index (χ0n) is 8.63. The van der Waals surface area contributed by atoms with Crippen LogP contribution in [0, 0.1) is 5.41 Å². The quantitative estimate of drug-likeness (QED) is 0.235. The Labute approximate surface area is 94.6 Å². The monoisotopic (exact) mass is 229 g/mol. The number of nitrogens with one attached hydrogen (secondary N) is 3. The van der Waals surface area contributed by atoms with Crippen molar-refractivity contribution >= 4 is 23.1 Å². The lowest BCUT2D eigenvalue weighted by molar-refractivity contribution is 0.828. The normalized spacial score (nSPS) is 12.9. The topological polar surface area (TPSA) is 86.3 Å². The van der Waals surface area contributed by atoms with Crippen LogP contribution in [0.3, 0.4) is 0 Å². The van der Waals surface area contributed by atoms with E-state index < -0.39 is 0 Å². The molecular formula is C9H16ClN5. The minimum absolute atomic E-state index is 0.348. The molecule has 0 fully saturated rings. The average molecular weight is 230 g/mol. The smallest absolute Gasteiger partial charge is 0.194 e. The standard InChI is InChI=1S/C9H16ClN5/c1-13-9(10)15-5-3-2-4-14-8(6-11)7-12/h3,5-7,11,14H,2,4,12H2,1H3,(H,13,15)/b5-3-,8-7+,11-6?. The van der Waals surface area contributed by atoms with Crippen LogP contribution in [0.1, 0.15) is 6.42 Å². The van der Waals surface area contributed by atoms with Gasteiger partial charge in [-0.05, 0) is 24.2 Å². The second-order valence-corrected chi connectivity index (χ2v) is 2.90. The minimum atomic E-state index is 0.348. The molecule has 0 radical (unpaired) electrons. The predicted octanol–water partition coefficient (Wildman–Crippen LogP) is 0.744. The Hall–Kier alpha value is -1.49. The Morgan fingerprint density at radius 2 is 2.33 bits per heavy atom. The summed E-state index contributed by atoms with van der Waals surface area (Å²) < 4.78 is 0. The largest absolute Gasteiger partial charge is 0.403 e. The summed E-state index contributed by atoms with van der Waals surface area (Å²) in [7, 11) is 1.60. The molecule has 0 aromatic carbocycles. The van der Waals surface area contributed by atoms with Crippen molar-refractivity contribution in [1.82, 2.24) is 10.6 Å². The molecule has 0 bridgehead atoms. The van der Waals surface area contributed by atoms with Crippen molar-refractivity contribution in [2.24, 2.45) is 10.7 Å². The van der Waals surface area contributed by atoms with E-state index in [0.29, 0.717) is 17.5 Å². The molecular weight excluding hydrogens is 214 g/mol. The Morgan fingerprint density at radius 3 is 2.87 bits per heavy atom. The molecule has 0 saturated carbocycles. The van der Waals surface area contributed by atoms with Crippen LogP contribution in [0.5, 0.6) is 0 Å². The van der Waals surface area contributed by atoms with Crippen LogP contribution in [0.15, 0.2) is 29.2 Å². The first kappa shape index (κ1) is 13.5. The summed E-state index contributed by atoms with van der Waals surface area (Å²) >= 11 is 5.59. The van der Waals surface area contributed by atoms with Gasteiger partial charge >= 0.3 is 0 Å². The van der Waals surface area contributed by atoms with E-state index in [4.69, 9.17) is 22.7 Å². The number of nitrogens with two attached hydrogens (primary N) is 1. The fourth-order valence-electron chi connectivity index (χ4n) is 0.733. The van der Waals surface area contributed by atoms with E-state index in [-0.39, 0.29) is 0 Å². The summed E-state index contributed by atoms with van der Waals surface area (Å²) in [6, 6.07) is 0. The van der Waals surface area contributed by atoms with E-state index in [1.165, 1.54) is 12.4 Å². The fourth-order valence-corrected chi connectivity index (χ4v) is 0.796. The molecule has 0 spiro atoms. The number of nitrogens with zero attached hydrogens (tertiary/aromatic N) is 1. The molecule has 15 heavy (non-hydrogen) atoms. The van der Waals surface area contributed by atoms with Gasteiger partial charge < -0.3 is 21.8 Å². The van der Waals surface area contributed by atoms with Crippen molar-refractivity contribution in [3.63, 3.8) is 0 Å². The summed E-state index contributed by atoms with van der Waals surface area (Å²) in [5.41, 5.74) is 5.84. The van der Waals surface area contributed by atoms with Crippen LogP contribution in [0.25, 0.3) is 0 Å². The molecule has 6 heteroatoms. The molecule has 0 aromatic heterocycles. The summed E-state index contributed by atoms with van der Waals surface area (Å²) in [6.07, 6.45) is 6.94. The van der Waals surface area contributed by atoms with Gasteiger partial charge in [0, 0.05) is 26.0 Å². The van der Waals surface area contributed by atoms with Crippen molar-refractivity contribution in [2.75, 3.05) is 13.6 Å². The first-order valence-electron chi connectivity index (χ1n) is 4.44. The van der Waals surface area contributed by atoms with Crippen LogP contribution in [0.4, 0.5) is 0 Å².